The van der Waals surface area contributed by atoms with Crippen molar-refractivity contribution < 1.29 is 9.47 Å². The van der Waals surface area contributed by atoms with Crippen molar-refractivity contribution in [3.8, 4) is 11.5 Å². The monoisotopic (exact) mass is 402 g/mol. The van der Waals surface area contributed by atoms with Gasteiger partial charge in [0.2, 0.25) is 0 Å². The maximum Gasteiger partial charge on any atom is 0.193 e. The lowest BCUT2D eigenvalue weighted by Crippen LogP contribution is -2.43. The van der Waals surface area contributed by atoms with Crippen LogP contribution >= 0.6 is 0 Å². The predicted molar refractivity (Wildman–Crippen MR) is 119 cm³/mol. The molecule has 1 aromatic carbocycles. The van der Waals surface area contributed by atoms with Crippen LogP contribution in [0.1, 0.15) is 45.6 Å². The zero-order valence-electron chi connectivity index (χ0n) is 18.8. The summed E-state index contributed by atoms with van der Waals surface area (Å²) in [5, 5.41) is 3.51. The fraction of sp³-hybridized carbons (Fsp3) is 0.696. The van der Waals surface area contributed by atoms with Crippen LogP contribution in [0.2, 0.25) is 0 Å². The third-order valence-electron chi connectivity index (χ3n) is 6.24. The highest BCUT2D eigenvalue weighted by atomic mass is 16.5. The van der Waals surface area contributed by atoms with E-state index in [0.29, 0.717) is 6.04 Å². The van der Waals surface area contributed by atoms with Crippen LogP contribution in [0, 0.1) is 0 Å². The van der Waals surface area contributed by atoms with Gasteiger partial charge in [0.1, 0.15) is 0 Å². The van der Waals surface area contributed by atoms with Gasteiger partial charge in [0.25, 0.3) is 0 Å². The number of hydrogen-bond acceptors (Lipinski definition) is 4. The average molecular weight is 403 g/mol. The largest absolute Gasteiger partial charge is 0.493 e. The molecule has 0 spiro atoms. The van der Waals surface area contributed by atoms with Gasteiger partial charge in [-0.3, -0.25) is 9.89 Å². The van der Waals surface area contributed by atoms with Gasteiger partial charge in [-0.1, -0.05) is 19.9 Å². The van der Waals surface area contributed by atoms with Crippen molar-refractivity contribution in [1.29, 1.82) is 0 Å². The molecule has 0 radical (unpaired) electrons. The Morgan fingerprint density at radius 1 is 1.14 bits per heavy atom. The van der Waals surface area contributed by atoms with E-state index in [4.69, 9.17) is 14.5 Å². The minimum Gasteiger partial charge on any atom is -0.493 e. The Morgan fingerprint density at radius 2 is 1.86 bits per heavy atom. The van der Waals surface area contributed by atoms with Crippen molar-refractivity contribution >= 4 is 5.96 Å². The summed E-state index contributed by atoms with van der Waals surface area (Å²) in [5.41, 5.74) is 1.10. The number of methoxy groups -OCH3 is 2. The van der Waals surface area contributed by atoms with Gasteiger partial charge in [-0.2, -0.15) is 0 Å². The minimum atomic E-state index is -0.103. The van der Waals surface area contributed by atoms with E-state index in [0.717, 1.165) is 43.6 Å². The van der Waals surface area contributed by atoms with Crippen LogP contribution in [0.15, 0.2) is 23.2 Å². The van der Waals surface area contributed by atoms with E-state index in [1.807, 2.05) is 6.07 Å². The summed E-state index contributed by atoms with van der Waals surface area (Å²) in [6, 6.07) is 6.84. The number of ether oxygens (including phenoxy) is 2. The summed E-state index contributed by atoms with van der Waals surface area (Å²) in [5.74, 6) is 2.57. The molecule has 1 unspecified atom stereocenters. The Bertz CT molecular complexity index is 698. The number of nitrogens with zero attached hydrogens (tertiary/aromatic N) is 3. The van der Waals surface area contributed by atoms with Crippen LogP contribution in [-0.2, 0) is 5.41 Å². The molecule has 1 aromatic rings. The fourth-order valence-corrected chi connectivity index (χ4v) is 4.39. The lowest BCUT2D eigenvalue weighted by atomic mass is 9.84. The number of likely N-dealkylation sites (tertiary alicyclic amines) is 2. The third-order valence-corrected chi connectivity index (χ3v) is 6.24. The first kappa shape index (κ1) is 21.8. The minimum absolute atomic E-state index is 0.103. The molecule has 6 heteroatoms. The summed E-state index contributed by atoms with van der Waals surface area (Å²) in [4.78, 5) is 10.1. The van der Waals surface area contributed by atoms with E-state index in [2.05, 4.69) is 48.0 Å². The van der Waals surface area contributed by atoms with Crippen molar-refractivity contribution in [3.63, 3.8) is 0 Å². The maximum absolute atomic E-state index is 5.49. The third kappa shape index (κ3) is 5.16. The van der Waals surface area contributed by atoms with E-state index >= 15 is 0 Å². The number of benzene rings is 1. The highest BCUT2D eigenvalue weighted by Gasteiger charge is 2.31. The molecule has 0 amide bonds. The molecule has 6 nitrogen and oxygen atoms in total. The second-order valence-electron chi connectivity index (χ2n) is 8.76. The molecule has 2 fully saturated rings. The second kappa shape index (κ2) is 9.70. The van der Waals surface area contributed by atoms with Crippen LogP contribution < -0.4 is 14.8 Å². The Morgan fingerprint density at radius 3 is 2.52 bits per heavy atom. The van der Waals surface area contributed by atoms with Crippen LogP contribution in [0.4, 0.5) is 0 Å². The van der Waals surface area contributed by atoms with E-state index in [1.165, 1.54) is 37.9 Å². The van der Waals surface area contributed by atoms with E-state index in [-0.39, 0.29) is 5.41 Å². The molecule has 2 saturated heterocycles. The molecular weight excluding hydrogens is 364 g/mol. The topological polar surface area (TPSA) is 49.3 Å². The Hall–Kier alpha value is -1.95. The molecule has 1 atom stereocenters. The summed E-state index contributed by atoms with van der Waals surface area (Å²) >= 11 is 0. The van der Waals surface area contributed by atoms with Crippen molar-refractivity contribution in [3.05, 3.63) is 23.8 Å². The zero-order chi connectivity index (χ0) is 20.9. The first-order valence-electron chi connectivity index (χ1n) is 11.0. The first-order chi connectivity index (χ1) is 14.0. The Labute approximate surface area is 176 Å². The van der Waals surface area contributed by atoms with E-state index in [9.17, 15) is 0 Å². The van der Waals surface area contributed by atoms with Crippen molar-refractivity contribution in [2.24, 2.45) is 4.99 Å². The van der Waals surface area contributed by atoms with Gasteiger partial charge >= 0.3 is 0 Å². The molecule has 0 saturated carbocycles. The Balaban J connectivity index is 1.70. The highest BCUT2D eigenvalue weighted by molar-refractivity contribution is 5.80. The molecule has 2 heterocycles. The summed E-state index contributed by atoms with van der Waals surface area (Å²) in [7, 11) is 3.35. The molecule has 0 aromatic heterocycles. The van der Waals surface area contributed by atoms with Crippen molar-refractivity contribution in [1.82, 2.24) is 15.1 Å². The van der Waals surface area contributed by atoms with Crippen molar-refractivity contribution in [2.45, 2.75) is 51.5 Å². The highest BCUT2D eigenvalue weighted by Crippen LogP contribution is 2.33. The molecule has 2 aliphatic rings. The van der Waals surface area contributed by atoms with Gasteiger partial charge in [0.05, 0.1) is 20.8 Å². The van der Waals surface area contributed by atoms with E-state index < -0.39 is 0 Å². The summed E-state index contributed by atoms with van der Waals surface area (Å²) in [6.07, 6.45) is 3.94. The number of rotatable bonds is 7. The lowest BCUT2D eigenvalue weighted by Gasteiger charge is -2.28. The molecule has 3 rings (SSSR count). The molecule has 0 aliphatic carbocycles. The molecule has 29 heavy (non-hydrogen) atoms. The maximum atomic E-state index is 5.49. The average Bonchev–Trinajstić information content (AvgIpc) is 3.42. The van der Waals surface area contributed by atoms with Gasteiger partial charge in [0.15, 0.2) is 17.5 Å². The fourth-order valence-electron chi connectivity index (χ4n) is 4.39. The second-order valence-corrected chi connectivity index (χ2v) is 8.76. The van der Waals surface area contributed by atoms with Gasteiger partial charge in [-0.25, -0.2) is 0 Å². The predicted octanol–water partition coefficient (Wildman–Crippen LogP) is 3.12. The molecule has 1 N–H and O–H groups in total. The zero-order valence-corrected chi connectivity index (χ0v) is 18.8. The van der Waals surface area contributed by atoms with Gasteiger partial charge in [-0.05, 0) is 57.0 Å². The number of guanidine groups is 1. The van der Waals surface area contributed by atoms with Gasteiger partial charge < -0.3 is 19.7 Å². The smallest absolute Gasteiger partial charge is 0.193 e. The number of nitrogens with one attached hydrogen (secondary N) is 1. The Kier molecular flexibility index (Phi) is 7.28. The quantitative estimate of drug-likeness (QED) is 0.561. The molecule has 0 bridgehead atoms. The molecule has 2 aliphatic heterocycles. The van der Waals surface area contributed by atoms with Crippen LogP contribution in [0.5, 0.6) is 11.5 Å². The van der Waals surface area contributed by atoms with Crippen LogP contribution in [0.25, 0.3) is 0 Å². The lowest BCUT2D eigenvalue weighted by molar-refractivity contribution is 0.249. The summed E-state index contributed by atoms with van der Waals surface area (Å²) < 4.78 is 10.9. The SMILES string of the molecule is CCNC(=NCC(C)(C)c1ccc(OC)c(OC)c1)N1CCC(N2CCCC2)C1. The number of aliphatic imine (C=N–C) groups is 1. The first-order valence-corrected chi connectivity index (χ1v) is 11.0. The number of hydrogen-bond donors (Lipinski definition) is 1. The standard InChI is InChI=1S/C23H38N4O2/c1-6-24-22(27-14-11-19(16-27)26-12-7-8-13-26)25-17-23(2,3)18-9-10-20(28-4)21(15-18)29-5/h9-10,15,19H,6-8,11-14,16-17H2,1-5H3,(H,24,25). The van der Waals surface area contributed by atoms with Crippen molar-refractivity contribution in [2.75, 3.05) is 53.5 Å². The van der Waals surface area contributed by atoms with Gasteiger partial charge in [0, 0.05) is 31.1 Å². The van der Waals surface area contributed by atoms with Crippen LogP contribution in [0.3, 0.4) is 0 Å². The molecule has 162 valence electrons. The molecular formula is C23H38N4O2. The summed E-state index contributed by atoms with van der Waals surface area (Å²) in [6.45, 7) is 12.9. The van der Waals surface area contributed by atoms with E-state index in [1.54, 1.807) is 14.2 Å². The normalized spacial score (nSPS) is 20.9. The van der Waals surface area contributed by atoms with Crippen LogP contribution in [-0.4, -0.2) is 75.3 Å². The van der Waals surface area contributed by atoms with Gasteiger partial charge in [-0.15, -0.1) is 0 Å².